The molecule has 1 nitrogen and oxygen atoms in total. The number of hydrogen-bond acceptors (Lipinski definition) is 1. The zero-order chi connectivity index (χ0) is 8.81. The van der Waals surface area contributed by atoms with E-state index in [4.69, 9.17) is 0 Å². The number of para-hydroxylation sites is 1. The molecule has 0 heterocycles. The first-order valence-electron chi connectivity index (χ1n) is 4.00. The Bertz CT molecular complexity index is 270. The van der Waals surface area contributed by atoms with Crippen LogP contribution in [-0.2, 0) is 0 Å². The Hall–Kier alpha value is -1.46. The van der Waals surface area contributed by atoms with Crippen LogP contribution in [-0.4, -0.2) is 6.04 Å². The Labute approximate surface area is 73.4 Å². The molecule has 1 heteroatoms. The van der Waals surface area contributed by atoms with Gasteiger partial charge < -0.3 is 5.32 Å². The third-order valence-corrected chi connectivity index (χ3v) is 1.54. The fourth-order valence-corrected chi connectivity index (χ4v) is 1.02. The highest BCUT2D eigenvalue weighted by Crippen LogP contribution is 2.06. The fraction of sp³-hybridized carbons (Fsp3) is 0.182. The van der Waals surface area contributed by atoms with Crippen LogP contribution in [0.1, 0.15) is 6.92 Å². The van der Waals surface area contributed by atoms with Crippen LogP contribution in [0.5, 0.6) is 0 Å². The maximum atomic E-state index is 3.52. The summed E-state index contributed by atoms with van der Waals surface area (Å²) in [5.41, 5.74) is 3.87. The topological polar surface area (TPSA) is 12.0 Å². The molecule has 1 aromatic carbocycles. The molecule has 62 valence electrons. The average Bonchev–Trinajstić information content (AvgIpc) is 2.06. The quantitative estimate of drug-likeness (QED) is 0.669. The highest BCUT2D eigenvalue weighted by molar-refractivity contribution is 5.44. The van der Waals surface area contributed by atoms with E-state index in [0.717, 1.165) is 5.69 Å². The molecule has 0 amide bonds. The van der Waals surface area contributed by atoms with Gasteiger partial charge in [-0.25, -0.2) is 0 Å². The zero-order valence-corrected chi connectivity index (χ0v) is 7.25. The Kier molecular flexibility index (Phi) is 3.18. The van der Waals surface area contributed by atoms with Crippen molar-refractivity contribution in [3.05, 3.63) is 48.7 Å². The van der Waals surface area contributed by atoms with Gasteiger partial charge in [0.25, 0.3) is 0 Å². The van der Waals surface area contributed by atoms with E-state index in [1.165, 1.54) is 0 Å². The summed E-state index contributed by atoms with van der Waals surface area (Å²) in [7, 11) is 0. The summed E-state index contributed by atoms with van der Waals surface area (Å²) < 4.78 is 0. The van der Waals surface area contributed by atoms with Crippen LogP contribution in [0.25, 0.3) is 0 Å². The lowest BCUT2D eigenvalue weighted by atomic mass is 10.2. The fourth-order valence-electron chi connectivity index (χ4n) is 1.02. The van der Waals surface area contributed by atoms with E-state index in [1.807, 2.05) is 36.4 Å². The summed E-state index contributed by atoms with van der Waals surface area (Å²) >= 11 is 0. The molecule has 0 saturated heterocycles. The van der Waals surface area contributed by atoms with Crippen molar-refractivity contribution < 1.29 is 0 Å². The van der Waals surface area contributed by atoms with Crippen molar-refractivity contribution in [2.45, 2.75) is 13.0 Å². The second-order valence-electron chi connectivity index (χ2n) is 2.67. The monoisotopic (exact) mass is 159 g/mol. The van der Waals surface area contributed by atoms with Crippen LogP contribution in [0.3, 0.4) is 0 Å². The molecule has 0 radical (unpaired) electrons. The molecule has 1 N–H and O–H groups in total. The Morgan fingerprint density at radius 3 is 2.67 bits per heavy atom. The molecule has 1 unspecified atom stereocenters. The standard InChI is InChI=1S/C11H13N/c1-3-7-10(2)12-11-8-5-4-6-9-11/h4-10,12H,1H2,2H3. The van der Waals surface area contributed by atoms with Gasteiger partial charge in [0.2, 0.25) is 0 Å². The molecule has 0 aromatic heterocycles. The van der Waals surface area contributed by atoms with Crippen LogP contribution in [0.15, 0.2) is 48.7 Å². The lowest BCUT2D eigenvalue weighted by molar-refractivity contribution is 1.00. The maximum Gasteiger partial charge on any atom is 0.0489 e. The Balaban J connectivity index is 2.58. The smallest absolute Gasteiger partial charge is 0.0489 e. The van der Waals surface area contributed by atoms with E-state index >= 15 is 0 Å². The number of rotatable bonds is 3. The molecular formula is C11H13N. The van der Waals surface area contributed by atoms with Crippen molar-refractivity contribution in [1.82, 2.24) is 0 Å². The molecule has 0 aliphatic rings. The molecular weight excluding hydrogens is 146 g/mol. The van der Waals surface area contributed by atoms with E-state index < -0.39 is 0 Å². The zero-order valence-electron chi connectivity index (χ0n) is 7.25. The van der Waals surface area contributed by atoms with Gasteiger partial charge in [0.1, 0.15) is 0 Å². The first kappa shape index (κ1) is 8.63. The van der Waals surface area contributed by atoms with Gasteiger partial charge in [-0.3, -0.25) is 0 Å². The second-order valence-corrected chi connectivity index (χ2v) is 2.67. The predicted molar refractivity (Wildman–Crippen MR) is 53.2 cm³/mol. The summed E-state index contributed by atoms with van der Waals surface area (Å²) in [5.74, 6) is 0. The molecule has 0 bridgehead atoms. The van der Waals surface area contributed by atoms with Crippen molar-refractivity contribution >= 4 is 5.69 Å². The molecule has 0 saturated carbocycles. The van der Waals surface area contributed by atoms with Gasteiger partial charge in [0, 0.05) is 11.7 Å². The number of hydrogen-bond donors (Lipinski definition) is 1. The van der Waals surface area contributed by atoms with Gasteiger partial charge in [-0.15, -0.1) is 5.73 Å². The highest BCUT2D eigenvalue weighted by Gasteiger charge is 1.94. The molecule has 0 spiro atoms. The summed E-state index contributed by atoms with van der Waals surface area (Å²) in [4.78, 5) is 0. The first-order valence-corrected chi connectivity index (χ1v) is 4.00. The normalized spacial score (nSPS) is 11.4. The molecule has 0 aliphatic carbocycles. The van der Waals surface area contributed by atoms with Crippen LogP contribution >= 0.6 is 0 Å². The summed E-state index contributed by atoms with van der Waals surface area (Å²) in [5, 5.41) is 3.28. The van der Waals surface area contributed by atoms with Gasteiger partial charge in [0.15, 0.2) is 0 Å². The van der Waals surface area contributed by atoms with Crippen molar-refractivity contribution in [3.8, 4) is 0 Å². The molecule has 0 aliphatic heterocycles. The molecule has 1 rings (SSSR count). The van der Waals surface area contributed by atoms with E-state index in [-0.39, 0.29) is 6.04 Å². The van der Waals surface area contributed by atoms with Gasteiger partial charge >= 0.3 is 0 Å². The van der Waals surface area contributed by atoms with Gasteiger partial charge in [0.05, 0.1) is 0 Å². The van der Waals surface area contributed by atoms with E-state index in [9.17, 15) is 0 Å². The van der Waals surface area contributed by atoms with Gasteiger partial charge in [-0.1, -0.05) is 24.8 Å². The van der Waals surface area contributed by atoms with Crippen molar-refractivity contribution in [2.24, 2.45) is 0 Å². The molecule has 12 heavy (non-hydrogen) atoms. The molecule has 1 aromatic rings. The summed E-state index contributed by atoms with van der Waals surface area (Å²) in [6.07, 6.45) is 1.90. The minimum atomic E-state index is 0.282. The predicted octanol–water partition coefficient (Wildman–Crippen LogP) is 2.83. The average molecular weight is 159 g/mol. The minimum absolute atomic E-state index is 0.282. The third-order valence-electron chi connectivity index (χ3n) is 1.54. The highest BCUT2D eigenvalue weighted by atomic mass is 14.9. The first-order chi connectivity index (χ1) is 5.83. The van der Waals surface area contributed by atoms with E-state index in [0.29, 0.717) is 0 Å². The summed E-state index contributed by atoms with van der Waals surface area (Å²) in [6, 6.07) is 10.4. The minimum Gasteiger partial charge on any atom is -0.379 e. The van der Waals surface area contributed by atoms with Crippen molar-refractivity contribution in [3.63, 3.8) is 0 Å². The van der Waals surface area contributed by atoms with Crippen molar-refractivity contribution in [1.29, 1.82) is 0 Å². The maximum absolute atomic E-state index is 3.52. The lowest BCUT2D eigenvalue weighted by Gasteiger charge is -2.09. The second kappa shape index (κ2) is 4.42. The van der Waals surface area contributed by atoms with E-state index in [1.54, 1.807) is 0 Å². The van der Waals surface area contributed by atoms with E-state index in [2.05, 4.69) is 24.6 Å². The van der Waals surface area contributed by atoms with Gasteiger partial charge in [-0.05, 0) is 25.1 Å². The van der Waals surface area contributed by atoms with Crippen LogP contribution < -0.4 is 5.32 Å². The van der Waals surface area contributed by atoms with Crippen LogP contribution in [0.2, 0.25) is 0 Å². The number of anilines is 1. The van der Waals surface area contributed by atoms with Crippen molar-refractivity contribution in [2.75, 3.05) is 5.32 Å². The lowest BCUT2D eigenvalue weighted by Crippen LogP contribution is -2.10. The SMILES string of the molecule is C=C=CC(C)Nc1ccccc1. The third kappa shape index (κ3) is 2.65. The largest absolute Gasteiger partial charge is 0.379 e. The molecule has 0 fully saturated rings. The summed E-state index contributed by atoms with van der Waals surface area (Å²) in [6.45, 7) is 5.58. The van der Waals surface area contributed by atoms with Gasteiger partial charge in [-0.2, -0.15) is 0 Å². The Morgan fingerprint density at radius 2 is 2.08 bits per heavy atom. The van der Waals surface area contributed by atoms with Crippen LogP contribution in [0, 0.1) is 0 Å². The van der Waals surface area contributed by atoms with Crippen LogP contribution in [0.4, 0.5) is 5.69 Å². The Morgan fingerprint density at radius 1 is 1.42 bits per heavy atom. The number of benzene rings is 1. The molecule has 1 atom stereocenters. The number of nitrogens with one attached hydrogen (secondary N) is 1.